The van der Waals surface area contributed by atoms with Crippen molar-refractivity contribution in [2.75, 3.05) is 19.7 Å². The molecule has 0 aromatic heterocycles. The van der Waals surface area contributed by atoms with E-state index in [1.54, 1.807) is 0 Å². The van der Waals surface area contributed by atoms with Gasteiger partial charge in [0.15, 0.2) is 0 Å². The molecule has 16 heavy (non-hydrogen) atoms. The Morgan fingerprint density at radius 3 is 2.62 bits per heavy atom. The van der Waals surface area contributed by atoms with Crippen molar-refractivity contribution in [3.05, 3.63) is 0 Å². The summed E-state index contributed by atoms with van der Waals surface area (Å²) in [7, 11) is 0. The Morgan fingerprint density at radius 2 is 2.19 bits per heavy atom. The van der Waals surface area contributed by atoms with Crippen LogP contribution in [0.4, 0.5) is 0 Å². The van der Waals surface area contributed by atoms with E-state index in [0.717, 1.165) is 6.42 Å². The maximum atomic E-state index is 12.0. The summed E-state index contributed by atoms with van der Waals surface area (Å²) < 4.78 is 5.27. The van der Waals surface area contributed by atoms with Crippen molar-refractivity contribution in [2.24, 2.45) is 5.92 Å². The quantitative estimate of drug-likeness (QED) is 0.755. The van der Waals surface area contributed by atoms with Gasteiger partial charge >= 0.3 is 5.97 Å². The fourth-order valence-electron chi connectivity index (χ4n) is 1.81. The highest BCUT2D eigenvalue weighted by Crippen LogP contribution is 2.15. The summed E-state index contributed by atoms with van der Waals surface area (Å²) in [4.78, 5) is 24.0. The minimum absolute atomic E-state index is 0.186. The van der Waals surface area contributed by atoms with Gasteiger partial charge in [-0.3, -0.25) is 9.59 Å². The molecule has 0 aliphatic carbocycles. The maximum Gasteiger partial charge on any atom is 0.323 e. The fourth-order valence-corrected chi connectivity index (χ4v) is 1.81. The summed E-state index contributed by atoms with van der Waals surface area (Å²) in [5.41, 5.74) is 0. The second-order valence-electron chi connectivity index (χ2n) is 4.51. The normalized spacial score (nSPS) is 20.1. The molecule has 92 valence electrons. The van der Waals surface area contributed by atoms with E-state index >= 15 is 0 Å². The molecule has 0 unspecified atom stereocenters. The van der Waals surface area contributed by atoms with E-state index in [9.17, 15) is 9.59 Å². The highest BCUT2D eigenvalue weighted by Gasteiger charge is 2.29. The van der Waals surface area contributed by atoms with Gasteiger partial charge in [0, 0.05) is 13.2 Å². The second-order valence-corrected chi connectivity index (χ2v) is 4.51. The van der Waals surface area contributed by atoms with Gasteiger partial charge in [0.1, 0.15) is 12.6 Å². The number of aliphatic carboxylic acids is 1. The molecule has 5 heteroatoms. The Balaban J connectivity index is 2.58. The van der Waals surface area contributed by atoms with Gasteiger partial charge in [-0.25, -0.2) is 0 Å². The molecule has 1 heterocycles. The third-order valence-electron chi connectivity index (χ3n) is 2.43. The Hall–Kier alpha value is -1.10. The summed E-state index contributed by atoms with van der Waals surface area (Å²) >= 11 is 0. The topological polar surface area (TPSA) is 66.8 Å². The minimum atomic E-state index is -0.980. The molecule has 0 saturated carbocycles. The van der Waals surface area contributed by atoms with Crippen LogP contribution in [-0.4, -0.2) is 47.7 Å². The average molecular weight is 229 g/mol. The molecule has 1 N–H and O–H groups in total. The Morgan fingerprint density at radius 1 is 1.50 bits per heavy atom. The predicted octanol–water partition coefficient (Wildman–Crippen LogP) is 0.735. The zero-order valence-corrected chi connectivity index (χ0v) is 9.81. The Kier molecular flexibility index (Phi) is 4.73. The standard InChI is InChI=1S/C11H19NO4/c1-8(2)6-12(7-10(13)14)11(15)9-4-3-5-16-9/h8-9H,3-7H2,1-2H3,(H,13,14)/t9-/m1/s1. The molecule has 0 aromatic rings. The lowest BCUT2D eigenvalue weighted by molar-refractivity contribution is -0.149. The summed E-state index contributed by atoms with van der Waals surface area (Å²) in [6, 6.07) is 0. The van der Waals surface area contributed by atoms with Gasteiger partial charge in [0.05, 0.1) is 0 Å². The minimum Gasteiger partial charge on any atom is -0.480 e. The van der Waals surface area contributed by atoms with Gasteiger partial charge in [0.2, 0.25) is 0 Å². The largest absolute Gasteiger partial charge is 0.480 e. The van der Waals surface area contributed by atoms with Crippen molar-refractivity contribution in [2.45, 2.75) is 32.8 Å². The lowest BCUT2D eigenvalue weighted by atomic mass is 10.1. The molecule has 0 aromatic carbocycles. The lowest BCUT2D eigenvalue weighted by Gasteiger charge is -2.25. The van der Waals surface area contributed by atoms with Crippen molar-refractivity contribution in [3.63, 3.8) is 0 Å². The average Bonchev–Trinajstić information content (AvgIpc) is 2.66. The first-order chi connectivity index (χ1) is 7.50. The van der Waals surface area contributed by atoms with Gasteiger partial charge in [-0.1, -0.05) is 13.8 Å². The number of rotatable bonds is 5. The van der Waals surface area contributed by atoms with Crippen LogP contribution in [0, 0.1) is 5.92 Å². The van der Waals surface area contributed by atoms with Crippen LogP contribution in [0.5, 0.6) is 0 Å². The van der Waals surface area contributed by atoms with Crippen molar-refractivity contribution in [1.29, 1.82) is 0 Å². The van der Waals surface area contributed by atoms with Crippen molar-refractivity contribution in [3.8, 4) is 0 Å². The number of ether oxygens (including phenoxy) is 1. The molecule has 0 radical (unpaired) electrons. The zero-order chi connectivity index (χ0) is 12.1. The van der Waals surface area contributed by atoms with E-state index in [1.807, 2.05) is 13.8 Å². The predicted molar refractivity (Wildman–Crippen MR) is 58.0 cm³/mol. The Bertz CT molecular complexity index is 259. The highest BCUT2D eigenvalue weighted by atomic mass is 16.5. The summed E-state index contributed by atoms with van der Waals surface area (Å²) in [6.45, 7) is 4.73. The molecule has 1 fully saturated rings. The van der Waals surface area contributed by atoms with E-state index in [2.05, 4.69) is 0 Å². The number of nitrogens with zero attached hydrogens (tertiary/aromatic N) is 1. The molecule has 0 spiro atoms. The van der Waals surface area contributed by atoms with Crippen LogP contribution in [0.3, 0.4) is 0 Å². The summed E-state index contributed by atoms with van der Waals surface area (Å²) in [6.07, 6.45) is 1.14. The van der Waals surface area contributed by atoms with Crippen LogP contribution in [0.15, 0.2) is 0 Å². The van der Waals surface area contributed by atoms with Crippen molar-refractivity contribution >= 4 is 11.9 Å². The van der Waals surface area contributed by atoms with E-state index in [-0.39, 0.29) is 18.4 Å². The van der Waals surface area contributed by atoms with Crippen LogP contribution >= 0.6 is 0 Å². The van der Waals surface area contributed by atoms with Crippen LogP contribution in [0.25, 0.3) is 0 Å². The van der Waals surface area contributed by atoms with Gasteiger partial charge in [-0.2, -0.15) is 0 Å². The van der Waals surface area contributed by atoms with Crippen LogP contribution in [-0.2, 0) is 14.3 Å². The van der Waals surface area contributed by atoms with Crippen LogP contribution < -0.4 is 0 Å². The number of hydrogen-bond acceptors (Lipinski definition) is 3. The van der Waals surface area contributed by atoms with Gasteiger partial charge in [-0.05, 0) is 18.8 Å². The molecule has 1 aliphatic rings. The number of carbonyl (C=O) groups is 2. The first-order valence-corrected chi connectivity index (χ1v) is 5.63. The van der Waals surface area contributed by atoms with Crippen molar-refractivity contribution in [1.82, 2.24) is 4.90 Å². The molecular formula is C11H19NO4. The molecule has 5 nitrogen and oxygen atoms in total. The highest BCUT2D eigenvalue weighted by molar-refractivity contribution is 5.84. The van der Waals surface area contributed by atoms with Crippen LogP contribution in [0.2, 0.25) is 0 Å². The van der Waals surface area contributed by atoms with E-state index in [4.69, 9.17) is 9.84 Å². The number of carboxylic acids is 1. The van der Waals surface area contributed by atoms with Gasteiger partial charge in [0.25, 0.3) is 5.91 Å². The molecule has 1 atom stereocenters. The number of carboxylic acid groups (broad SMARTS) is 1. The fraction of sp³-hybridized carbons (Fsp3) is 0.818. The number of amides is 1. The lowest BCUT2D eigenvalue weighted by Crippen LogP contribution is -2.43. The number of carbonyl (C=O) groups excluding carboxylic acids is 1. The first-order valence-electron chi connectivity index (χ1n) is 5.63. The molecule has 1 amide bonds. The van der Waals surface area contributed by atoms with Gasteiger partial charge < -0.3 is 14.7 Å². The zero-order valence-electron chi connectivity index (χ0n) is 9.81. The monoisotopic (exact) mass is 229 g/mol. The third-order valence-corrected chi connectivity index (χ3v) is 2.43. The SMILES string of the molecule is CC(C)CN(CC(=O)O)C(=O)[C@H]1CCCO1. The maximum absolute atomic E-state index is 12.0. The van der Waals surface area contributed by atoms with E-state index < -0.39 is 12.1 Å². The molecule has 1 saturated heterocycles. The van der Waals surface area contributed by atoms with Crippen LogP contribution in [0.1, 0.15) is 26.7 Å². The molecule has 1 aliphatic heterocycles. The summed E-state index contributed by atoms with van der Waals surface area (Å²) in [5, 5.41) is 8.75. The van der Waals surface area contributed by atoms with Gasteiger partial charge in [-0.15, -0.1) is 0 Å². The third kappa shape index (κ3) is 3.81. The van der Waals surface area contributed by atoms with E-state index in [0.29, 0.717) is 19.6 Å². The Labute approximate surface area is 95.4 Å². The number of hydrogen-bond donors (Lipinski definition) is 1. The van der Waals surface area contributed by atoms with E-state index in [1.165, 1.54) is 4.90 Å². The first kappa shape index (κ1) is 13.0. The second kappa shape index (κ2) is 5.84. The molecule has 0 bridgehead atoms. The smallest absolute Gasteiger partial charge is 0.323 e. The summed E-state index contributed by atoms with van der Waals surface area (Å²) in [5.74, 6) is -0.912. The molecular weight excluding hydrogens is 210 g/mol. The molecule has 1 rings (SSSR count). The van der Waals surface area contributed by atoms with Crippen molar-refractivity contribution < 1.29 is 19.4 Å².